The standard InChI is InChI=1S/C14H22/c1-2-3-14(4-5-14)13-8-11-10-6-9(10)7-12(11)13/h9-13H,2-8H2,1H3. The maximum atomic E-state index is 2.38. The Morgan fingerprint density at radius 3 is 2.43 bits per heavy atom. The van der Waals surface area contributed by atoms with Crippen LogP contribution in [0.5, 0.6) is 0 Å². The predicted molar refractivity (Wildman–Crippen MR) is 57.9 cm³/mol. The molecule has 0 radical (unpaired) electrons. The molecule has 4 rings (SSSR count). The topological polar surface area (TPSA) is 0 Å². The Balaban J connectivity index is 1.49. The summed E-state index contributed by atoms with van der Waals surface area (Å²) in [5, 5.41) is 0. The number of hydrogen-bond donors (Lipinski definition) is 0. The van der Waals surface area contributed by atoms with Gasteiger partial charge in [0.25, 0.3) is 0 Å². The van der Waals surface area contributed by atoms with E-state index < -0.39 is 0 Å². The van der Waals surface area contributed by atoms with E-state index in [4.69, 9.17) is 0 Å². The van der Waals surface area contributed by atoms with Crippen molar-refractivity contribution in [2.75, 3.05) is 0 Å². The molecule has 0 nitrogen and oxygen atoms in total. The third-order valence-corrected chi connectivity index (χ3v) is 6.12. The van der Waals surface area contributed by atoms with Crippen LogP contribution in [0.3, 0.4) is 0 Å². The molecule has 4 aliphatic carbocycles. The average Bonchev–Trinajstić information content (AvgIpc) is 2.99. The smallest absolute Gasteiger partial charge is 0.0266 e. The molecule has 0 aromatic rings. The fourth-order valence-electron chi connectivity index (χ4n) is 5.16. The molecule has 4 aliphatic rings. The molecule has 0 spiro atoms. The molecule has 0 saturated heterocycles. The summed E-state index contributed by atoms with van der Waals surface area (Å²) >= 11 is 0. The van der Waals surface area contributed by atoms with Gasteiger partial charge in [0.2, 0.25) is 0 Å². The first-order chi connectivity index (χ1) is 6.84. The first kappa shape index (κ1) is 8.19. The summed E-state index contributed by atoms with van der Waals surface area (Å²) in [4.78, 5) is 0. The zero-order valence-corrected chi connectivity index (χ0v) is 9.34. The summed E-state index contributed by atoms with van der Waals surface area (Å²) < 4.78 is 0. The van der Waals surface area contributed by atoms with Crippen molar-refractivity contribution in [3.8, 4) is 0 Å². The summed E-state index contributed by atoms with van der Waals surface area (Å²) in [6, 6.07) is 0. The van der Waals surface area contributed by atoms with Crippen LogP contribution in [0.4, 0.5) is 0 Å². The lowest BCUT2D eigenvalue weighted by atomic mass is 9.57. The van der Waals surface area contributed by atoms with Crippen molar-refractivity contribution in [2.45, 2.75) is 51.9 Å². The van der Waals surface area contributed by atoms with Gasteiger partial charge in [-0.15, -0.1) is 0 Å². The van der Waals surface area contributed by atoms with Crippen molar-refractivity contribution in [3.05, 3.63) is 0 Å². The molecule has 0 aromatic heterocycles. The van der Waals surface area contributed by atoms with E-state index in [1.54, 1.807) is 38.5 Å². The molecule has 0 N–H and O–H groups in total. The van der Waals surface area contributed by atoms with E-state index in [0.717, 1.165) is 5.41 Å². The molecule has 0 heteroatoms. The summed E-state index contributed by atoms with van der Waals surface area (Å²) in [6.07, 6.45) is 11.1. The molecule has 5 unspecified atom stereocenters. The Morgan fingerprint density at radius 1 is 1.00 bits per heavy atom. The Kier molecular flexibility index (Phi) is 1.40. The van der Waals surface area contributed by atoms with Crippen LogP contribution in [0.1, 0.15) is 51.9 Å². The van der Waals surface area contributed by atoms with E-state index in [0.29, 0.717) is 0 Å². The second-order valence-corrected chi connectivity index (χ2v) is 6.68. The fraction of sp³-hybridized carbons (Fsp3) is 1.00. The van der Waals surface area contributed by atoms with E-state index >= 15 is 0 Å². The summed E-state index contributed by atoms with van der Waals surface area (Å²) in [6.45, 7) is 2.38. The first-order valence-electron chi connectivity index (χ1n) is 6.84. The highest BCUT2D eigenvalue weighted by Crippen LogP contribution is 2.74. The Labute approximate surface area is 87.5 Å². The SMILES string of the molecule is CCCC1(C2CC3C4CC4CC32)CC1. The molecule has 5 atom stereocenters. The van der Waals surface area contributed by atoms with Crippen LogP contribution in [0, 0.1) is 35.0 Å². The van der Waals surface area contributed by atoms with Gasteiger partial charge in [0.15, 0.2) is 0 Å². The lowest BCUT2D eigenvalue weighted by molar-refractivity contribution is 0.0120. The second kappa shape index (κ2) is 2.39. The lowest BCUT2D eigenvalue weighted by Gasteiger charge is -2.47. The van der Waals surface area contributed by atoms with Gasteiger partial charge in [-0.25, -0.2) is 0 Å². The van der Waals surface area contributed by atoms with Crippen molar-refractivity contribution in [3.63, 3.8) is 0 Å². The van der Waals surface area contributed by atoms with E-state index in [9.17, 15) is 0 Å². The molecule has 0 amide bonds. The molecule has 0 bridgehead atoms. The highest BCUT2D eigenvalue weighted by molar-refractivity contribution is 5.15. The third-order valence-electron chi connectivity index (χ3n) is 6.12. The lowest BCUT2D eigenvalue weighted by Crippen LogP contribution is -2.40. The van der Waals surface area contributed by atoms with Crippen molar-refractivity contribution >= 4 is 0 Å². The maximum Gasteiger partial charge on any atom is -0.0266 e. The molecular weight excluding hydrogens is 168 g/mol. The minimum Gasteiger partial charge on any atom is -0.0654 e. The first-order valence-corrected chi connectivity index (χ1v) is 6.84. The monoisotopic (exact) mass is 190 g/mol. The van der Waals surface area contributed by atoms with Crippen molar-refractivity contribution in [2.24, 2.45) is 35.0 Å². The summed E-state index contributed by atoms with van der Waals surface area (Å²) in [5.41, 5.74) is 0.896. The van der Waals surface area contributed by atoms with Crippen molar-refractivity contribution in [1.29, 1.82) is 0 Å². The molecule has 14 heavy (non-hydrogen) atoms. The van der Waals surface area contributed by atoms with E-state index in [1.807, 2.05) is 0 Å². The van der Waals surface area contributed by atoms with Gasteiger partial charge in [-0.2, -0.15) is 0 Å². The molecule has 0 aromatic carbocycles. The largest absolute Gasteiger partial charge is 0.0654 e. The van der Waals surface area contributed by atoms with Crippen LogP contribution >= 0.6 is 0 Å². The Hall–Kier alpha value is 0. The fourth-order valence-corrected chi connectivity index (χ4v) is 5.16. The highest BCUT2D eigenvalue weighted by atomic mass is 14.7. The molecule has 78 valence electrons. The van der Waals surface area contributed by atoms with Gasteiger partial charge in [-0.3, -0.25) is 0 Å². The number of fused-ring (bicyclic) bond motifs is 3. The van der Waals surface area contributed by atoms with Gasteiger partial charge in [-0.1, -0.05) is 13.3 Å². The predicted octanol–water partition coefficient (Wildman–Crippen LogP) is 3.86. The summed E-state index contributed by atoms with van der Waals surface area (Å²) in [7, 11) is 0. The second-order valence-electron chi connectivity index (χ2n) is 6.68. The van der Waals surface area contributed by atoms with E-state index in [1.165, 1.54) is 36.0 Å². The molecular formula is C14H22. The van der Waals surface area contributed by atoms with Crippen LogP contribution in [0.15, 0.2) is 0 Å². The van der Waals surface area contributed by atoms with Gasteiger partial charge >= 0.3 is 0 Å². The zero-order valence-electron chi connectivity index (χ0n) is 9.34. The van der Waals surface area contributed by atoms with Crippen molar-refractivity contribution in [1.82, 2.24) is 0 Å². The third kappa shape index (κ3) is 0.864. The van der Waals surface area contributed by atoms with Crippen LogP contribution in [-0.2, 0) is 0 Å². The average molecular weight is 190 g/mol. The highest BCUT2D eigenvalue weighted by Gasteiger charge is 2.66. The zero-order chi connectivity index (χ0) is 9.34. The van der Waals surface area contributed by atoms with Gasteiger partial charge < -0.3 is 0 Å². The Morgan fingerprint density at radius 2 is 1.79 bits per heavy atom. The van der Waals surface area contributed by atoms with Gasteiger partial charge in [-0.05, 0) is 73.5 Å². The minimum atomic E-state index is 0.896. The molecule has 4 saturated carbocycles. The number of hydrogen-bond acceptors (Lipinski definition) is 0. The maximum absolute atomic E-state index is 2.38. The van der Waals surface area contributed by atoms with Crippen molar-refractivity contribution < 1.29 is 0 Å². The number of rotatable bonds is 3. The molecule has 0 heterocycles. The van der Waals surface area contributed by atoms with Crippen LogP contribution in [0.2, 0.25) is 0 Å². The quantitative estimate of drug-likeness (QED) is 0.634. The minimum absolute atomic E-state index is 0.896. The van der Waals surface area contributed by atoms with Crippen LogP contribution in [-0.4, -0.2) is 0 Å². The van der Waals surface area contributed by atoms with Gasteiger partial charge in [0, 0.05) is 0 Å². The summed E-state index contributed by atoms with van der Waals surface area (Å²) in [5.74, 6) is 6.08. The van der Waals surface area contributed by atoms with Gasteiger partial charge in [0.1, 0.15) is 0 Å². The normalized spacial score (nSPS) is 55.9. The van der Waals surface area contributed by atoms with Crippen LogP contribution in [0.25, 0.3) is 0 Å². The molecule has 0 aliphatic heterocycles. The Bertz CT molecular complexity index is 263. The van der Waals surface area contributed by atoms with E-state index in [2.05, 4.69) is 6.92 Å². The van der Waals surface area contributed by atoms with Gasteiger partial charge in [0.05, 0.1) is 0 Å². The van der Waals surface area contributed by atoms with Crippen LogP contribution < -0.4 is 0 Å². The molecule has 4 fully saturated rings. The van der Waals surface area contributed by atoms with E-state index in [-0.39, 0.29) is 0 Å².